The molecule has 1 amide bonds. The number of hydrogen-bond donors (Lipinski definition) is 1. The quantitative estimate of drug-likeness (QED) is 0.445. The highest BCUT2D eigenvalue weighted by atomic mass is 32.1. The van der Waals surface area contributed by atoms with E-state index >= 15 is 0 Å². The van der Waals surface area contributed by atoms with Crippen LogP contribution in [0.4, 0.5) is 5.82 Å². The van der Waals surface area contributed by atoms with Crippen LogP contribution in [0.25, 0.3) is 15.3 Å². The normalized spacial score (nSPS) is 15.5. The highest BCUT2D eigenvalue weighted by molar-refractivity contribution is 7.20. The van der Waals surface area contributed by atoms with Crippen LogP contribution in [0.15, 0.2) is 55.1 Å². The van der Waals surface area contributed by atoms with Crippen molar-refractivity contribution in [1.82, 2.24) is 14.8 Å². The lowest BCUT2D eigenvalue weighted by atomic mass is 9.86. The molecule has 1 aliphatic heterocycles. The highest BCUT2D eigenvalue weighted by Gasteiger charge is 2.33. The average Bonchev–Trinajstić information content (AvgIpc) is 3.32. The Balaban J connectivity index is 1.56. The van der Waals surface area contributed by atoms with Gasteiger partial charge in [0.15, 0.2) is 0 Å². The molecule has 0 saturated heterocycles. The molecule has 0 bridgehead atoms. The van der Waals surface area contributed by atoms with E-state index in [0.29, 0.717) is 18.8 Å². The molecule has 0 saturated carbocycles. The van der Waals surface area contributed by atoms with Crippen LogP contribution in [-0.2, 0) is 4.79 Å². The largest absolute Gasteiger partial charge is 0.490 e. The molecule has 3 heterocycles. The molecule has 0 fully saturated rings. The molecule has 0 unspecified atom stereocenters. The van der Waals surface area contributed by atoms with Gasteiger partial charge in [-0.25, -0.2) is 4.98 Å². The number of aromatic nitrogens is 3. The molecule has 156 valence electrons. The number of nitrogens with one attached hydrogen (secondary N) is 1. The van der Waals surface area contributed by atoms with Crippen LogP contribution in [0, 0.1) is 13.8 Å². The maximum atomic E-state index is 12.6. The first kappa shape index (κ1) is 19.5. The third kappa shape index (κ3) is 3.51. The van der Waals surface area contributed by atoms with Gasteiger partial charge >= 0.3 is 0 Å². The summed E-state index contributed by atoms with van der Waals surface area (Å²) in [5, 5.41) is 8.55. The Labute approximate surface area is 184 Å². The van der Waals surface area contributed by atoms with Gasteiger partial charge in [-0.1, -0.05) is 42.2 Å². The molecule has 5 rings (SSSR count). The lowest BCUT2D eigenvalue weighted by molar-refractivity contribution is -0.116. The van der Waals surface area contributed by atoms with Gasteiger partial charge in [0.05, 0.1) is 15.9 Å². The summed E-state index contributed by atoms with van der Waals surface area (Å²) < 4.78 is 8.47. The fourth-order valence-corrected chi connectivity index (χ4v) is 5.05. The van der Waals surface area contributed by atoms with Crippen molar-refractivity contribution in [2.24, 2.45) is 0 Å². The van der Waals surface area contributed by atoms with Crippen molar-refractivity contribution in [3.05, 3.63) is 77.5 Å². The Morgan fingerprint density at radius 2 is 2.06 bits per heavy atom. The molecule has 1 aliphatic rings. The van der Waals surface area contributed by atoms with Crippen molar-refractivity contribution >= 4 is 33.3 Å². The summed E-state index contributed by atoms with van der Waals surface area (Å²) in [6.45, 7) is 8.19. The van der Waals surface area contributed by atoms with Crippen molar-refractivity contribution in [1.29, 1.82) is 0 Å². The van der Waals surface area contributed by atoms with Crippen molar-refractivity contribution in [2.45, 2.75) is 26.2 Å². The number of carbonyl (C=O) groups excluding carboxylic acids is 1. The third-order valence-corrected chi connectivity index (χ3v) is 6.46. The van der Waals surface area contributed by atoms with Gasteiger partial charge in [0, 0.05) is 17.9 Å². The molecule has 6 nitrogen and oxygen atoms in total. The van der Waals surface area contributed by atoms with Crippen LogP contribution in [-0.4, -0.2) is 27.3 Å². The standard InChI is InChI=1S/C24H22N4O2S/c1-4-11-30-17-8-6-16(7-9-17)18-13-21(29)26-23-22(18)15(3)27-28(23)24-25-19-10-5-14(2)12-20(19)31-24/h4-10,12,18H,1,11,13H2,2-3H3,(H,26,29)/t18-/m1/s1. The number of anilines is 1. The molecule has 2 aromatic carbocycles. The average molecular weight is 431 g/mol. The van der Waals surface area contributed by atoms with E-state index in [1.54, 1.807) is 22.1 Å². The topological polar surface area (TPSA) is 69.0 Å². The summed E-state index contributed by atoms with van der Waals surface area (Å²) >= 11 is 1.57. The molecule has 31 heavy (non-hydrogen) atoms. The number of rotatable bonds is 5. The summed E-state index contributed by atoms with van der Waals surface area (Å²) in [5.41, 5.74) is 5.11. The molecule has 0 radical (unpaired) electrons. The molecule has 1 N–H and O–H groups in total. The second kappa shape index (κ2) is 7.67. The van der Waals surface area contributed by atoms with Gasteiger partial charge in [-0.15, -0.1) is 0 Å². The van der Waals surface area contributed by atoms with E-state index in [2.05, 4.69) is 31.0 Å². The first-order chi connectivity index (χ1) is 15.0. The Morgan fingerprint density at radius 1 is 1.26 bits per heavy atom. The van der Waals surface area contributed by atoms with Crippen LogP contribution in [0.1, 0.15) is 34.7 Å². The molecule has 4 aromatic rings. The zero-order valence-electron chi connectivity index (χ0n) is 17.4. The van der Waals surface area contributed by atoms with E-state index in [9.17, 15) is 4.79 Å². The predicted octanol–water partition coefficient (Wildman–Crippen LogP) is 5.14. The van der Waals surface area contributed by atoms with Crippen LogP contribution in [0.5, 0.6) is 5.75 Å². The summed E-state index contributed by atoms with van der Waals surface area (Å²) in [5.74, 6) is 1.40. The lowest BCUT2D eigenvalue weighted by Gasteiger charge is -2.24. The maximum Gasteiger partial charge on any atom is 0.226 e. The second-order valence-corrected chi connectivity index (χ2v) is 8.71. The number of carbonyl (C=O) groups is 1. The molecule has 0 spiro atoms. The number of fused-ring (bicyclic) bond motifs is 2. The van der Waals surface area contributed by atoms with Crippen molar-refractivity contribution in [3.8, 4) is 10.9 Å². The van der Waals surface area contributed by atoms with Crippen LogP contribution in [0.2, 0.25) is 0 Å². The van der Waals surface area contributed by atoms with E-state index < -0.39 is 0 Å². The zero-order valence-corrected chi connectivity index (χ0v) is 18.2. The van der Waals surface area contributed by atoms with Gasteiger partial charge in [-0.3, -0.25) is 4.79 Å². The van der Waals surface area contributed by atoms with Crippen LogP contribution < -0.4 is 10.1 Å². The van der Waals surface area contributed by atoms with E-state index in [1.165, 1.54) is 5.56 Å². The van der Waals surface area contributed by atoms with Crippen LogP contribution >= 0.6 is 11.3 Å². The minimum absolute atomic E-state index is 0.0254. The SMILES string of the molecule is C=CCOc1ccc([C@H]2CC(=O)Nc3c2c(C)nn3-c2nc3ccc(C)cc3s2)cc1. The number of nitrogens with zero attached hydrogens (tertiary/aromatic N) is 3. The third-order valence-electron chi connectivity index (χ3n) is 5.47. The number of hydrogen-bond acceptors (Lipinski definition) is 5. The van der Waals surface area contributed by atoms with Crippen molar-refractivity contribution in [2.75, 3.05) is 11.9 Å². The number of ether oxygens (including phenoxy) is 1. The first-order valence-electron chi connectivity index (χ1n) is 10.1. The molecule has 0 aliphatic carbocycles. The number of aryl methyl sites for hydroxylation is 2. The fourth-order valence-electron chi connectivity index (χ4n) is 4.03. The summed E-state index contributed by atoms with van der Waals surface area (Å²) in [6, 6.07) is 14.1. The van der Waals surface area contributed by atoms with E-state index in [-0.39, 0.29) is 11.8 Å². The van der Waals surface area contributed by atoms with Crippen LogP contribution in [0.3, 0.4) is 0 Å². The number of amides is 1. The Hall–Kier alpha value is -3.45. The first-order valence-corrected chi connectivity index (χ1v) is 11.0. The van der Waals surface area contributed by atoms with Gasteiger partial charge in [-0.2, -0.15) is 9.78 Å². The van der Waals surface area contributed by atoms with Gasteiger partial charge in [0.25, 0.3) is 0 Å². The van der Waals surface area contributed by atoms with E-state index in [0.717, 1.165) is 37.9 Å². The summed E-state index contributed by atoms with van der Waals surface area (Å²) in [4.78, 5) is 17.4. The van der Waals surface area contributed by atoms with Crippen molar-refractivity contribution < 1.29 is 9.53 Å². The van der Waals surface area contributed by atoms with E-state index in [4.69, 9.17) is 14.8 Å². The maximum absolute atomic E-state index is 12.6. The molecular weight excluding hydrogens is 408 g/mol. The number of benzene rings is 2. The highest BCUT2D eigenvalue weighted by Crippen LogP contribution is 2.41. The molecule has 2 aromatic heterocycles. The minimum Gasteiger partial charge on any atom is -0.490 e. The van der Waals surface area contributed by atoms with Crippen molar-refractivity contribution in [3.63, 3.8) is 0 Å². The molecule has 1 atom stereocenters. The van der Waals surface area contributed by atoms with E-state index in [1.807, 2.05) is 37.3 Å². The Kier molecular flexibility index (Phi) is 4.82. The Bertz CT molecular complexity index is 1300. The summed E-state index contributed by atoms with van der Waals surface area (Å²) in [6.07, 6.45) is 2.10. The monoisotopic (exact) mass is 430 g/mol. The molecular formula is C24H22N4O2S. The molecule has 7 heteroatoms. The number of thiazole rings is 1. The Morgan fingerprint density at radius 3 is 2.84 bits per heavy atom. The van der Waals surface area contributed by atoms with Gasteiger partial charge < -0.3 is 10.1 Å². The van der Waals surface area contributed by atoms with Gasteiger partial charge in [0.1, 0.15) is 18.2 Å². The zero-order chi connectivity index (χ0) is 21.5. The summed E-state index contributed by atoms with van der Waals surface area (Å²) in [7, 11) is 0. The second-order valence-electron chi connectivity index (χ2n) is 7.70. The predicted molar refractivity (Wildman–Crippen MR) is 123 cm³/mol. The minimum atomic E-state index is -0.0671. The van der Waals surface area contributed by atoms with Gasteiger partial charge in [-0.05, 0) is 49.2 Å². The fraction of sp³-hybridized carbons (Fsp3) is 0.208. The smallest absolute Gasteiger partial charge is 0.226 e. The van der Waals surface area contributed by atoms with Gasteiger partial charge in [0.2, 0.25) is 11.0 Å². The lowest BCUT2D eigenvalue weighted by Crippen LogP contribution is -2.24.